The lowest BCUT2D eigenvalue weighted by Crippen LogP contribution is -2.50. The number of benzene rings is 1. The van der Waals surface area contributed by atoms with Gasteiger partial charge >= 0.3 is 12.1 Å². The van der Waals surface area contributed by atoms with Crippen molar-refractivity contribution in [2.24, 2.45) is 0 Å². The number of nitrogens with zero attached hydrogens (tertiary/aromatic N) is 2. The van der Waals surface area contributed by atoms with Gasteiger partial charge in [0.1, 0.15) is 5.60 Å². The van der Waals surface area contributed by atoms with Crippen LogP contribution in [0.4, 0.5) is 10.5 Å². The molecule has 0 bridgehead atoms. The molecule has 0 unspecified atom stereocenters. The van der Waals surface area contributed by atoms with E-state index in [0.29, 0.717) is 32.6 Å². The lowest BCUT2D eigenvalue weighted by molar-refractivity contribution is -0.136. The molecule has 132 valence electrons. The average Bonchev–Trinajstić information content (AvgIpc) is 2.52. The van der Waals surface area contributed by atoms with Crippen molar-refractivity contribution in [3.05, 3.63) is 29.8 Å². The molecule has 0 spiro atoms. The Balaban J connectivity index is 1.97. The Morgan fingerprint density at radius 3 is 2.33 bits per heavy atom. The summed E-state index contributed by atoms with van der Waals surface area (Å²) >= 11 is 0. The van der Waals surface area contributed by atoms with Crippen molar-refractivity contribution in [1.29, 1.82) is 0 Å². The van der Waals surface area contributed by atoms with Crippen LogP contribution in [0.1, 0.15) is 32.8 Å². The zero-order chi connectivity index (χ0) is 17.7. The summed E-state index contributed by atoms with van der Waals surface area (Å²) in [4.78, 5) is 26.9. The molecule has 1 heterocycles. The molecule has 0 aromatic heterocycles. The van der Waals surface area contributed by atoms with Gasteiger partial charge in [-0.05, 0) is 38.8 Å². The minimum absolute atomic E-state index is 0.120. The second-order valence-electron chi connectivity index (χ2n) is 6.98. The van der Waals surface area contributed by atoms with Gasteiger partial charge in [0.05, 0.1) is 0 Å². The minimum Gasteiger partial charge on any atom is -0.481 e. The van der Waals surface area contributed by atoms with Crippen LogP contribution in [-0.4, -0.2) is 53.8 Å². The molecular weight excluding hydrogens is 308 g/mol. The van der Waals surface area contributed by atoms with Crippen LogP contribution in [0.5, 0.6) is 0 Å². The van der Waals surface area contributed by atoms with Crippen LogP contribution in [-0.2, 0) is 16.0 Å². The van der Waals surface area contributed by atoms with E-state index in [4.69, 9.17) is 9.84 Å². The smallest absolute Gasteiger partial charge is 0.410 e. The molecule has 6 heteroatoms. The number of ether oxygens (including phenoxy) is 1. The molecule has 1 fully saturated rings. The first-order valence-corrected chi connectivity index (χ1v) is 8.29. The van der Waals surface area contributed by atoms with Gasteiger partial charge in [0, 0.05) is 38.3 Å². The maximum Gasteiger partial charge on any atom is 0.410 e. The van der Waals surface area contributed by atoms with E-state index in [-0.39, 0.29) is 12.5 Å². The van der Waals surface area contributed by atoms with Crippen LogP contribution in [0, 0.1) is 0 Å². The van der Waals surface area contributed by atoms with Crippen LogP contribution < -0.4 is 4.90 Å². The number of para-hydroxylation sites is 1. The molecule has 1 N–H and O–H groups in total. The number of hydrogen-bond donors (Lipinski definition) is 1. The monoisotopic (exact) mass is 334 g/mol. The zero-order valence-electron chi connectivity index (χ0n) is 14.6. The first kappa shape index (κ1) is 18.1. The van der Waals surface area contributed by atoms with Gasteiger partial charge in [0.15, 0.2) is 0 Å². The molecule has 0 atom stereocenters. The molecule has 1 amide bonds. The van der Waals surface area contributed by atoms with E-state index in [1.807, 2.05) is 45.0 Å². The lowest BCUT2D eigenvalue weighted by atomic mass is 10.1. The Kier molecular flexibility index (Phi) is 5.70. The summed E-state index contributed by atoms with van der Waals surface area (Å²) < 4.78 is 5.41. The number of aliphatic carboxylic acids is 1. The quantitative estimate of drug-likeness (QED) is 0.917. The number of anilines is 1. The number of carbonyl (C=O) groups is 2. The van der Waals surface area contributed by atoms with Gasteiger partial charge in [-0.1, -0.05) is 18.2 Å². The number of carboxylic acids is 1. The fourth-order valence-corrected chi connectivity index (χ4v) is 2.73. The van der Waals surface area contributed by atoms with Gasteiger partial charge in [0.25, 0.3) is 0 Å². The summed E-state index contributed by atoms with van der Waals surface area (Å²) in [6.07, 6.45) is 0.355. The van der Waals surface area contributed by atoms with Crippen molar-refractivity contribution in [1.82, 2.24) is 4.90 Å². The standard InChI is InChI=1S/C18H26N2O4/c1-18(2,3)24-17(23)20-12-10-19(11-13-20)15-7-5-4-6-14(15)8-9-16(21)22/h4-7H,8-13H2,1-3H3,(H,21,22). The summed E-state index contributed by atoms with van der Waals surface area (Å²) in [5.74, 6) is -0.792. The third kappa shape index (κ3) is 5.15. The number of rotatable bonds is 4. The lowest BCUT2D eigenvalue weighted by Gasteiger charge is -2.37. The fraction of sp³-hybridized carbons (Fsp3) is 0.556. The van der Waals surface area contributed by atoms with E-state index in [2.05, 4.69) is 4.90 Å². The normalized spacial score (nSPS) is 15.3. The van der Waals surface area contributed by atoms with Crippen molar-refractivity contribution in [3.63, 3.8) is 0 Å². The van der Waals surface area contributed by atoms with E-state index in [1.54, 1.807) is 4.90 Å². The third-order valence-corrected chi connectivity index (χ3v) is 3.87. The molecule has 6 nitrogen and oxygen atoms in total. The maximum absolute atomic E-state index is 12.1. The number of hydrogen-bond acceptors (Lipinski definition) is 4. The van der Waals surface area contributed by atoms with Crippen molar-refractivity contribution in [2.45, 2.75) is 39.2 Å². The Morgan fingerprint density at radius 1 is 1.12 bits per heavy atom. The highest BCUT2D eigenvalue weighted by Crippen LogP contribution is 2.23. The molecule has 1 aliphatic heterocycles. The molecular formula is C18H26N2O4. The second kappa shape index (κ2) is 7.55. The Labute approximate surface area is 143 Å². The predicted octanol–water partition coefficient (Wildman–Crippen LogP) is 2.76. The SMILES string of the molecule is CC(C)(C)OC(=O)N1CCN(c2ccccc2CCC(=O)O)CC1. The van der Waals surface area contributed by atoms with E-state index >= 15 is 0 Å². The van der Waals surface area contributed by atoms with Gasteiger partial charge in [-0.2, -0.15) is 0 Å². The Bertz CT molecular complexity index is 587. The molecule has 0 saturated carbocycles. The maximum atomic E-state index is 12.1. The molecule has 1 aliphatic rings. The Morgan fingerprint density at radius 2 is 1.75 bits per heavy atom. The molecule has 0 radical (unpaired) electrons. The first-order valence-electron chi connectivity index (χ1n) is 8.29. The first-order chi connectivity index (χ1) is 11.3. The highest BCUT2D eigenvalue weighted by molar-refractivity contribution is 5.69. The molecule has 0 aliphatic carbocycles. The van der Waals surface area contributed by atoms with Gasteiger partial charge < -0.3 is 19.6 Å². The van der Waals surface area contributed by atoms with Crippen LogP contribution in [0.3, 0.4) is 0 Å². The summed E-state index contributed by atoms with van der Waals surface area (Å²) in [7, 11) is 0. The van der Waals surface area contributed by atoms with E-state index in [1.165, 1.54) is 0 Å². The number of carbonyl (C=O) groups excluding carboxylic acids is 1. The van der Waals surface area contributed by atoms with Crippen LogP contribution in [0.2, 0.25) is 0 Å². The van der Waals surface area contributed by atoms with Crippen molar-refractivity contribution in [3.8, 4) is 0 Å². The number of aryl methyl sites for hydroxylation is 1. The van der Waals surface area contributed by atoms with Crippen LogP contribution in [0.25, 0.3) is 0 Å². The number of amides is 1. The van der Waals surface area contributed by atoms with Crippen LogP contribution >= 0.6 is 0 Å². The van der Waals surface area contributed by atoms with Gasteiger partial charge in [-0.15, -0.1) is 0 Å². The van der Waals surface area contributed by atoms with Crippen molar-refractivity contribution < 1.29 is 19.4 Å². The fourth-order valence-electron chi connectivity index (χ4n) is 2.73. The van der Waals surface area contributed by atoms with E-state index in [9.17, 15) is 9.59 Å². The Hall–Kier alpha value is -2.24. The van der Waals surface area contributed by atoms with Gasteiger partial charge in [0.2, 0.25) is 0 Å². The highest BCUT2D eigenvalue weighted by Gasteiger charge is 2.26. The average molecular weight is 334 g/mol. The number of carboxylic acid groups (broad SMARTS) is 1. The largest absolute Gasteiger partial charge is 0.481 e. The van der Waals surface area contributed by atoms with E-state index < -0.39 is 11.6 Å². The summed E-state index contributed by atoms with van der Waals surface area (Å²) in [5.41, 5.74) is 1.60. The van der Waals surface area contributed by atoms with Gasteiger partial charge in [-0.25, -0.2) is 4.79 Å². The molecule has 1 aromatic rings. The summed E-state index contributed by atoms with van der Waals surface area (Å²) in [6.45, 7) is 8.20. The topological polar surface area (TPSA) is 70.1 Å². The molecule has 1 aromatic carbocycles. The summed E-state index contributed by atoms with van der Waals surface area (Å²) in [5, 5.41) is 8.89. The third-order valence-electron chi connectivity index (χ3n) is 3.87. The number of piperazine rings is 1. The zero-order valence-corrected chi connectivity index (χ0v) is 14.6. The van der Waals surface area contributed by atoms with E-state index in [0.717, 1.165) is 11.3 Å². The molecule has 2 rings (SSSR count). The molecule has 24 heavy (non-hydrogen) atoms. The molecule has 1 saturated heterocycles. The van der Waals surface area contributed by atoms with Gasteiger partial charge in [-0.3, -0.25) is 4.79 Å². The predicted molar refractivity (Wildman–Crippen MR) is 92.4 cm³/mol. The second-order valence-corrected chi connectivity index (χ2v) is 6.98. The van der Waals surface area contributed by atoms with Crippen LogP contribution in [0.15, 0.2) is 24.3 Å². The highest BCUT2D eigenvalue weighted by atomic mass is 16.6. The van der Waals surface area contributed by atoms with Crippen molar-refractivity contribution in [2.75, 3.05) is 31.1 Å². The summed E-state index contributed by atoms with van der Waals surface area (Å²) in [6, 6.07) is 7.87. The minimum atomic E-state index is -0.792. The van der Waals surface area contributed by atoms with Crippen molar-refractivity contribution >= 4 is 17.7 Å².